The molecule has 0 aromatic heterocycles. The number of rotatable bonds is 3. The molecule has 0 aromatic carbocycles. The van der Waals surface area contributed by atoms with Crippen LogP contribution in [0.2, 0.25) is 0 Å². The van der Waals surface area contributed by atoms with Gasteiger partial charge in [0, 0.05) is 31.7 Å². The van der Waals surface area contributed by atoms with Crippen molar-refractivity contribution in [1.82, 2.24) is 10.2 Å². The van der Waals surface area contributed by atoms with Crippen LogP contribution in [0, 0.1) is 11.3 Å². The van der Waals surface area contributed by atoms with Crippen LogP contribution in [0.15, 0.2) is 0 Å². The highest BCUT2D eigenvalue weighted by Gasteiger charge is 2.30. The summed E-state index contributed by atoms with van der Waals surface area (Å²) in [4.78, 5) is 2.64. The highest BCUT2D eigenvalue weighted by Crippen LogP contribution is 2.28. The predicted molar refractivity (Wildman–Crippen MR) is 67.1 cm³/mol. The molecule has 2 atom stereocenters. The van der Waals surface area contributed by atoms with Crippen LogP contribution in [0.3, 0.4) is 0 Å². The summed E-state index contributed by atoms with van der Waals surface area (Å²) in [5, 5.41) is 3.54. The standard InChI is InChI=1S/C13H28N2/c1-10(2)13(5,6)9-15-8-11(3)14-7-12(15)4/h10-12,14H,7-9H2,1-6H3. The molecule has 0 aliphatic carbocycles. The average Bonchev–Trinajstić information content (AvgIpc) is 2.10. The molecular weight excluding hydrogens is 184 g/mol. The summed E-state index contributed by atoms with van der Waals surface area (Å²) in [7, 11) is 0. The summed E-state index contributed by atoms with van der Waals surface area (Å²) in [6.07, 6.45) is 0. The number of nitrogens with one attached hydrogen (secondary N) is 1. The Labute approximate surface area is 95.4 Å². The first-order valence-electron chi connectivity index (χ1n) is 6.30. The summed E-state index contributed by atoms with van der Waals surface area (Å²) in [6, 6.07) is 1.32. The Hall–Kier alpha value is -0.0800. The second-order valence-corrected chi connectivity index (χ2v) is 6.23. The van der Waals surface area contributed by atoms with Crippen LogP contribution < -0.4 is 5.32 Å². The number of piperazine rings is 1. The molecule has 1 fully saturated rings. The van der Waals surface area contributed by atoms with Crippen LogP contribution in [0.5, 0.6) is 0 Å². The third kappa shape index (κ3) is 3.46. The molecule has 1 saturated heterocycles. The van der Waals surface area contributed by atoms with E-state index in [0.717, 1.165) is 12.5 Å². The molecule has 0 saturated carbocycles. The fourth-order valence-electron chi connectivity index (χ4n) is 2.02. The largest absolute Gasteiger partial charge is 0.311 e. The molecule has 15 heavy (non-hydrogen) atoms. The fourth-order valence-corrected chi connectivity index (χ4v) is 2.02. The van der Waals surface area contributed by atoms with E-state index in [4.69, 9.17) is 0 Å². The van der Waals surface area contributed by atoms with Crippen LogP contribution in [-0.4, -0.2) is 36.6 Å². The Kier molecular flexibility index (Phi) is 4.19. The van der Waals surface area contributed by atoms with E-state index in [1.54, 1.807) is 0 Å². The summed E-state index contributed by atoms with van der Waals surface area (Å²) < 4.78 is 0. The molecule has 1 heterocycles. The Morgan fingerprint density at radius 1 is 1.33 bits per heavy atom. The topological polar surface area (TPSA) is 15.3 Å². The van der Waals surface area contributed by atoms with Gasteiger partial charge in [-0.15, -0.1) is 0 Å². The third-order valence-corrected chi connectivity index (χ3v) is 4.07. The van der Waals surface area contributed by atoms with Crippen molar-refractivity contribution in [3.8, 4) is 0 Å². The molecule has 1 rings (SSSR count). The number of hydrogen-bond acceptors (Lipinski definition) is 2. The van der Waals surface area contributed by atoms with Gasteiger partial charge in [0.2, 0.25) is 0 Å². The van der Waals surface area contributed by atoms with Gasteiger partial charge in [0.15, 0.2) is 0 Å². The van der Waals surface area contributed by atoms with Crippen molar-refractivity contribution in [1.29, 1.82) is 0 Å². The van der Waals surface area contributed by atoms with Gasteiger partial charge < -0.3 is 5.32 Å². The quantitative estimate of drug-likeness (QED) is 0.772. The Morgan fingerprint density at radius 3 is 2.47 bits per heavy atom. The minimum absolute atomic E-state index is 0.422. The van der Waals surface area contributed by atoms with Crippen molar-refractivity contribution < 1.29 is 0 Å². The number of nitrogens with zero attached hydrogens (tertiary/aromatic N) is 1. The minimum atomic E-state index is 0.422. The lowest BCUT2D eigenvalue weighted by Gasteiger charge is -2.43. The molecule has 0 spiro atoms. The van der Waals surface area contributed by atoms with Crippen molar-refractivity contribution in [3.63, 3.8) is 0 Å². The molecule has 0 amide bonds. The molecule has 90 valence electrons. The van der Waals surface area contributed by atoms with E-state index in [0.29, 0.717) is 17.5 Å². The monoisotopic (exact) mass is 212 g/mol. The van der Waals surface area contributed by atoms with Gasteiger partial charge in [-0.2, -0.15) is 0 Å². The van der Waals surface area contributed by atoms with Crippen LogP contribution >= 0.6 is 0 Å². The summed E-state index contributed by atoms with van der Waals surface area (Å²) >= 11 is 0. The van der Waals surface area contributed by atoms with E-state index < -0.39 is 0 Å². The zero-order chi connectivity index (χ0) is 11.6. The van der Waals surface area contributed by atoms with Gasteiger partial charge in [0.05, 0.1) is 0 Å². The van der Waals surface area contributed by atoms with Gasteiger partial charge in [0.1, 0.15) is 0 Å². The molecule has 0 radical (unpaired) electrons. The van der Waals surface area contributed by atoms with Gasteiger partial charge in [-0.25, -0.2) is 0 Å². The van der Waals surface area contributed by atoms with E-state index >= 15 is 0 Å². The molecule has 0 aromatic rings. The lowest BCUT2D eigenvalue weighted by Crippen LogP contribution is -2.56. The van der Waals surface area contributed by atoms with Crippen LogP contribution in [0.25, 0.3) is 0 Å². The van der Waals surface area contributed by atoms with Gasteiger partial charge in [-0.1, -0.05) is 27.7 Å². The molecular formula is C13H28N2. The number of hydrogen-bond donors (Lipinski definition) is 1. The van der Waals surface area contributed by atoms with Crippen molar-refractivity contribution in [3.05, 3.63) is 0 Å². The third-order valence-electron chi connectivity index (χ3n) is 4.07. The highest BCUT2D eigenvalue weighted by atomic mass is 15.2. The summed E-state index contributed by atoms with van der Waals surface area (Å²) in [5.41, 5.74) is 0.422. The second-order valence-electron chi connectivity index (χ2n) is 6.23. The minimum Gasteiger partial charge on any atom is -0.311 e. The van der Waals surface area contributed by atoms with Gasteiger partial charge in [-0.3, -0.25) is 4.90 Å². The van der Waals surface area contributed by atoms with Gasteiger partial charge >= 0.3 is 0 Å². The van der Waals surface area contributed by atoms with Crippen molar-refractivity contribution in [2.45, 2.75) is 53.6 Å². The lowest BCUT2D eigenvalue weighted by atomic mass is 9.80. The zero-order valence-corrected chi connectivity index (χ0v) is 11.3. The molecule has 0 bridgehead atoms. The van der Waals surface area contributed by atoms with Crippen molar-refractivity contribution in [2.75, 3.05) is 19.6 Å². The highest BCUT2D eigenvalue weighted by molar-refractivity contribution is 4.86. The Balaban J connectivity index is 2.55. The SMILES string of the molecule is CC1CN(CC(C)(C)C(C)C)C(C)CN1. The van der Waals surface area contributed by atoms with Gasteiger partial charge in [-0.05, 0) is 25.2 Å². The Bertz CT molecular complexity index is 199. The van der Waals surface area contributed by atoms with Crippen LogP contribution in [0.1, 0.15) is 41.5 Å². The van der Waals surface area contributed by atoms with E-state index in [1.807, 2.05) is 0 Å². The lowest BCUT2D eigenvalue weighted by molar-refractivity contribution is 0.0739. The second kappa shape index (κ2) is 4.84. The van der Waals surface area contributed by atoms with E-state index in [9.17, 15) is 0 Å². The zero-order valence-electron chi connectivity index (χ0n) is 11.3. The maximum Gasteiger partial charge on any atom is 0.0193 e. The van der Waals surface area contributed by atoms with Crippen molar-refractivity contribution in [2.24, 2.45) is 11.3 Å². The summed E-state index contributed by atoms with van der Waals surface area (Å²) in [6.45, 7) is 17.6. The molecule has 1 aliphatic heterocycles. The van der Waals surface area contributed by atoms with Crippen LogP contribution in [0.4, 0.5) is 0 Å². The molecule has 2 unspecified atom stereocenters. The summed E-state index contributed by atoms with van der Waals surface area (Å²) in [5.74, 6) is 0.745. The first-order chi connectivity index (χ1) is 6.83. The normalized spacial score (nSPS) is 29.8. The maximum atomic E-state index is 3.54. The average molecular weight is 212 g/mol. The molecule has 2 heteroatoms. The van der Waals surface area contributed by atoms with Crippen molar-refractivity contribution >= 4 is 0 Å². The van der Waals surface area contributed by atoms with Crippen LogP contribution in [-0.2, 0) is 0 Å². The molecule has 1 aliphatic rings. The first kappa shape index (κ1) is 13.0. The Morgan fingerprint density at radius 2 is 1.93 bits per heavy atom. The van der Waals surface area contributed by atoms with Gasteiger partial charge in [0.25, 0.3) is 0 Å². The molecule has 1 N–H and O–H groups in total. The van der Waals surface area contributed by atoms with E-state index in [2.05, 4.69) is 51.8 Å². The predicted octanol–water partition coefficient (Wildman–Crippen LogP) is 2.35. The fraction of sp³-hybridized carbons (Fsp3) is 1.00. The maximum absolute atomic E-state index is 3.54. The van der Waals surface area contributed by atoms with E-state index in [-0.39, 0.29) is 0 Å². The molecule has 2 nitrogen and oxygen atoms in total. The smallest absolute Gasteiger partial charge is 0.0193 e. The first-order valence-corrected chi connectivity index (χ1v) is 6.30. The van der Waals surface area contributed by atoms with E-state index in [1.165, 1.54) is 13.1 Å².